The van der Waals surface area contributed by atoms with Crippen molar-refractivity contribution >= 4 is 0 Å². The zero-order chi connectivity index (χ0) is 12.8. The van der Waals surface area contributed by atoms with E-state index in [1.165, 1.54) is 18.2 Å². The van der Waals surface area contributed by atoms with Crippen molar-refractivity contribution in [1.29, 1.82) is 5.26 Å². The highest BCUT2D eigenvalue weighted by Gasteiger charge is 2.14. The number of benzene rings is 1. The summed E-state index contributed by atoms with van der Waals surface area (Å²) in [5, 5.41) is 12.2. The van der Waals surface area contributed by atoms with Gasteiger partial charge >= 0.3 is 0 Å². The number of nitrogens with one attached hydrogen (secondary N) is 1. The summed E-state index contributed by atoms with van der Waals surface area (Å²) in [7, 11) is 0. The molecule has 1 heterocycles. The zero-order valence-corrected chi connectivity index (χ0v) is 10.3. The van der Waals surface area contributed by atoms with Gasteiger partial charge in [0, 0.05) is 19.8 Å². The Hall–Kier alpha value is -1.44. The Kier molecular flexibility index (Phi) is 4.68. The van der Waals surface area contributed by atoms with E-state index < -0.39 is 0 Å². The molecular weight excluding hydrogens is 231 g/mol. The quantitative estimate of drug-likeness (QED) is 0.813. The first-order valence-electron chi connectivity index (χ1n) is 6.26. The second-order valence-corrected chi connectivity index (χ2v) is 4.61. The largest absolute Gasteiger partial charge is 0.381 e. The molecule has 0 aliphatic carbocycles. The monoisotopic (exact) mass is 248 g/mol. The summed E-state index contributed by atoms with van der Waals surface area (Å²) >= 11 is 0. The molecule has 0 aromatic heterocycles. The van der Waals surface area contributed by atoms with Crippen molar-refractivity contribution in [2.24, 2.45) is 5.92 Å². The van der Waals surface area contributed by atoms with Crippen LogP contribution in [0.15, 0.2) is 18.2 Å². The SMILES string of the molecule is N#Cc1ccc(F)cc1CNCCC1CCOC1. The minimum atomic E-state index is -0.296. The predicted molar refractivity (Wildman–Crippen MR) is 66.4 cm³/mol. The van der Waals surface area contributed by atoms with Gasteiger partial charge in [-0.15, -0.1) is 0 Å². The van der Waals surface area contributed by atoms with Gasteiger partial charge in [-0.25, -0.2) is 4.39 Å². The number of hydrogen-bond acceptors (Lipinski definition) is 3. The minimum absolute atomic E-state index is 0.296. The van der Waals surface area contributed by atoms with Gasteiger partial charge in [-0.05, 0) is 49.1 Å². The molecule has 1 aromatic rings. The Labute approximate surface area is 107 Å². The molecule has 1 saturated heterocycles. The lowest BCUT2D eigenvalue weighted by Gasteiger charge is -2.09. The van der Waals surface area contributed by atoms with Crippen LogP contribution in [0.4, 0.5) is 4.39 Å². The van der Waals surface area contributed by atoms with Gasteiger partial charge in [0.05, 0.1) is 11.6 Å². The number of nitriles is 1. The van der Waals surface area contributed by atoms with E-state index in [1.54, 1.807) is 0 Å². The summed E-state index contributed by atoms with van der Waals surface area (Å²) in [6.07, 6.45) is 2.20. The molecule has 1 aromatic carbocycles. The lowest BCUT2D eigenvalue weighted by atomic mass is 10.0. The van der Waals surface area contributed by atoms with Gasteiger partial charge in [0.25, 0.3) is 0 Å². The van der Waals surface area contributed by atoms with Crippen molar-refractivity contribution in [3.63, 3.8) is 0 Å². The summed E-state index contributed by atoms with van der Waals surface area (Å²) in [5.41, 5.74) is 1.26. The molecule has 4 heteroatoms. The third kappa shape index (κ3) is 3.52. The van der Waals surface area contributed by atoms with Crippen molar-refractivity contribution in [3.05, 3.63) is 35.1 Å². The van der Waals surface area contributed by atoms with Gasteiger partial charge in [0.15, 0.2) is 0 Å². The van der Waals surface area contributed by atoms with Crippen LogP contribution in [0, 0.1) is 23.1 Å². The van der Waals surface area contributed by atoms with Crippen molar-refractivity contribution in [2.45, 2.75) is 19.4 Å². The maximum atomic E-state index is 13.1. The summed E-state index contributed by atoms with van der Waals surface area (Å²) in [4.78, 5) is 0. The Morgan fingerprint density at radius 1 is 1.50 bits per heavy atom. The number of hydrogen-bond donors (Lipinski definition) is 1. The average molecular weight is 248 g/mol. The highest BCUT2D eigenvalue weighted by molar-refractivity contribution is 5.37. The van der Waals surface area contributed by atoms with Crippen LogP contribution >= 0.6 is 0 Å². The van der Waals surface area contributed by atoms with Crippen LogP contribution in [-0.4, -0.2) is 19.8 Å². The highest BCUT2D eigenvalue weighted by atomic mass is 19.1. The molecule has 1 aliphatic rings. The van der Waals surface area contributed by atoms with Gasteiger partial charge in [-0.2, -0.15) is 5.26 Å². The van der Waals surface area contributed by atoms with Gasteiger partial charge < -0.3 is 10.1 Å². The van der Waals surface area contributed by atoms with Crippen LogP contribution in [0.2, 0.25) is 0 Å². The molecule has 96 valence electrons. The number of ether oxygens (including phenoxy) is 1. The van der Waals surface area contributed by atoms with Gasteiger partial charge in [0.2, 0.25) is 0 Å². The lowest BCUT2D eigenvalue weighted by Crippen LogP contribution is -2.18. The van der Waals surface area contributed by atoms with Gasteiger partial charge in [-0.1, -0.05) is 0 Å². The molecule has 0 spiro atoms. The normalized spacial score (nSPS) is 18.8. The smallest absolute Gasteiger partial charge is 0.123 e. The molecular formula is C14H17FN2O. The topological polar surface area (TPSA) is 45.0 Å². The third-order valence-corrected chi connectivity index (χ3v) is 3.26. The predicted octanol–water partition coefficient (Wildman–Crippen LogP) is 2.21. The molecule has 18 heavy (non-hydrogen) atoms. The van der Waals surface area contributed by atoms with E-state index in [1.807, 2.05) is 0 Å². The van der Waals surface area contributed by atoms with E-state index in [0.29, 0.717) is 18.0 Å². The van der Waals surface area contributed by atoms with E-state index in [0.717, 1.165) is 38.2 Å². The Morgan fingerprint density at radius 2 is 2.39 bits per heavy atom. The highest BCUT2D eigenvalue weighted by Crippen LogP contribution is 2.15. The minimum Gasteiger partial charge on any atom is -0.381 e. The molecule has 3 nitrogen and oxygen atoms in total. The second kappa shape index (κ2) is 6.48. The van der Waals surface area contributed by atoms with E-state index in [4.69, 9.17) is 10.00 Å². The van der Waals surface area contributed by atoms with Crippen molar-refractivity contribution < 1.29 is 9.13 Å². The summed E-state index contributed by atoms with van der Waals surface area (Å²) in [5.74, 6) is 0.343. The van der Waals surface area contributed by atoms with Crippen LogP contribution in [0.5, 0.6) is 0 Å². The fraction of sp³-hybridized carbons (Fsp3) is 0.500. The first-order valence-corrected chi connectivity index (χ1v) is 6.26. The van der Waals surface area contributed by atoms with E-state index >= 15 is 0 Å². The van der Waals surface area contributed by atoms with Crippen molar-refractivity contribution in [2.75, 3.05) is 19.8 Å². The van der Waals surface area contributed by atoms with E-state index in [-0.39, 0.29) is 5.82 Å². The van der Waals surface area contributed by atoms with Crippen molar-refractivity contribution in [1.82, 2.24) is 5.32 Å². The van der Waals surface area contributed by atoms with Gasteiger partial charge in [-0.3, -0.25) is 0 Å². The Morgan fingerprint density at radius 3 is 3.11 bits per heavy atom. The fourth-order valence-corrected chi connectivity index (χ4v) is 2.16. The van der Waals surface area contributed by atoms with E-state index in [9.17, 15) is 4.39 Å². The maximum Gasteiger partial charge on any atom is 0.123 e. The maximum absolute atomic E-state index is 13.1. The van der Waals surface area contributed by atoms with Crippen LogP contribution < -0.4 is 5.32 Å². The number of nitrogens with zero attached hydrogens (tertiary/aromatic N) is 1. The molecule has 0 radical (unpaired) electrons. The van der Waals surface area contributed by atoms with Crippen molar-refractivity contribution in [3.8, 4) is 6.07 Å². The molecule has 1 N–H and O–H groups in total. The van der Waals surface area contributed by atoms with Crippen LogP contribution in [0.1, 0.15) is 24.0 Å². The summed E-state index contributed by atoms with van der Waals surface area (Å²) in [6, 6.07) is 6.34. The molecule has 0 amide bonds. The Balaban J connectivity index is 1.79. The third-order valence-electron chi connectivity index (χ3n) is 3.26. The summed E-state index contributed by atoms with van der Waals surface area (Å²) < 4.78 is 18.4. The zero-order valence-electron chi connectivity index (χ0n) is 10.3. The molecule has 1 fully saturated rings. The first-order chi connectivity index (χ1) is 8.79. The van der Waals surface area contributed by atoms with Gasteiger partial charge in [0.1, 0.15) is 5.82 Å². The summed E-state index contributed by atoms with van der Waals surface area (Å²) in [6.45, 7) is 3.13. The molecule has 1 unspecified atom stereocenters. The second-order valence-electron chi connectivity index (χ2n) is 4.61. The number of rotatable bonds is 5. The average Bonchev–Trinajstić information content (AvgIpc) is 2.88. The molecule has 2 rings (SSSR count). The lowest BCUT2D eigenvalue weighted by molar-refractivity contribution is 0.184. The number of halogens is 1. The van der Waals surface area contributed by atoms with Crippen LogP contribution in [0.3, 0.4) is 0 Å². The molecule has 1 atom stereocenters. The van der Waals surface area contributed by atoms with E-state index in [2.05, 4.69) is 11.4 Å². The van der Waals surface area contributed by atoms with Crippen LogP contribution in [-0.2, 0) is 11.3 Å². The molecule has 1 aliphatic heterocycles. The standard InChI is InChI=1S/C14H17FN2O/c15-14-2-1-12(8-16)13(7-14)9-17-5-3-11-4-6-18-10-11/h1-2,7,11,17H,3-6,9-10H2. The molecule has 0 bridgehead atoms. The Bertz CT molecular complexity index is 436. The fourth-order valence-electron chi connectivity index (χ4n) is 2.16. The first kappa shape index (κ1) is 13.0. The molecule has 0 saturated carbocycles. The van der Waals surface area contributed by atoms with Crippen LogP contribution in [0.25, 0.3) is 0 Å².